The first kappa shape index (κ1) is 17.8. The van der Waals surface area contributed by atoms with Crippen LogP contribution < -0.4 is 0 Å². The number of rotatable bonds is 4. The van der Waals surface area contributed by atoms with Crippen molar-refractivity contribution in [3.63, 3.8) is 0 Å². The van der Waals surface area contributed by atoms with E-state index in [1.165, 1.54) is 0 Å². The Labute approximate surface area is 143 Å². The van der Waals surface area contributed by atoms with Crippen LogP contribution in [0.5, 0.6) is 0 Å². The molecule has 2 aliphatic rings. The Bertz CT molecular complexity index is 644. The molecule has 1 N–H and O–H groups in total. The molecule has 3 heterocycles. The highest BCUT2D eigenvalue weighted by molar-refractivity contribution is 5.92. The average molecular weight is 358 g/mol. The van der Waals surface area contributed by atoms with Gasteiger partial charge in [0.25, 0.3) is 5.91 Å². The zero-order valence-electron chi connectivity index (χ0n) is 13.8. The number of nitrogens with one attached hydrogen (secondary N) is 1. The number of piperidine rings is 1. The van der Waals surface area contributed by atoms with Crippen LogP contribution in [0.3, 0.4) is 0 Å². The number of carbonyl (C=O) groups excluding carboxylic acids is 2. The largest absolute Gasteiger partial charge is 0.432 e. The van der Waals surface area contributed by atoms with Gasteiger partial charge in [-0.2, -0.15) is 18.3 Å². The smallest absolute Gasteiger partial charge is 0.343 e. The monoisotopic (exact) mass is 358 g/mol. The van der Waals surface area contributed by atoms with Crippen molar-refractivity contribution in [1.82, 2.24) is 20.0 Å². The molecule has 1 aromatic heterocycles. The number of halogens is 3. The summed E-state index contributed by atoms with van der Waals surface area (Å²) >= 11 is 0. The third kappa shape index (κ3) is 3.96. The SMILES string of the molecule is O=C1CCCN1CCC1CCCCN1C(=O)c1cc(C(F)(F)F)[nH]n1. The Hall–Kier alpha value is -2.06. The van der Waals surface area contributed by atoms with Gasteiger partial charge in [-0.15, -0.1) is 0 Å². The number of amides is 2. The van der Waals surface area contributed by atoms with Gasteiger partial charge >= 0.3 is 6.18 Å². The summed E-state index contributed by atoms with van der Waals surface area (Å²) in [5.74, 6) is -0.347. The second-order valence-electron chi connectivity index (χ2n) is 6.59. The topological polar surface area (TPSA) is 69.3 Å². The lowest BCUT2D eigenvalue weighted by Gasteiger charge is -2.36. The standard InChI is InChI=1S/C16H21F3N4O2/c17-16(18,19)13-10-12(20-21-13)15(25)23-8-2-1-4-11(23)6-9-22-7-3-5-14(22)24/h10-11H,1-9H2,(H,20,21). The van der Waals surface area contributed by atoms with Crippen molar-refractivity contribution >= 4 is 11.8 Å². The molecular formula is C16H21F3N4O2. The van der Waals surface area contributed by atoms with Crippen LogP contribution in [-0.4, -0.2) is 57.5 Å². The molecule has 3 rings (SSSR count). The molecule has 1 unspecified atom stereocenters. The van der Waals surface area contributed by atoms with Gasteiger partial charge in [0.15, 0.2) is 5.69 Å². The molecule has 25 heavy (non-hydrogen) atoms. The van der Waals surface area contributed by atoms with Crippen LogP contribution in [0.2, 0.25) is 0 Å². The lowest BCUT2D eigenvalue weighted by Crippen LogP contribution is -2.45. The molecule has 9 heteroatoms. The summed E-state index contributed by atoms with van der Waals surface area (Å²) in [6, 6.07) is 0.693. The minimum atomic E-state index is -4.55. The van der Waals surface area contributed by atoms with Crippen molar-refractivity contribution in [3.8, 4) is 0 Å². The highest BCUT2D eigenvalue weighted by Crippen LogP contribution is 2.29. The van der Waals surface area contributed by atoms with Gasteiger partial charge in [-0.1, -0.05) is 0 Å². The molecule has 0 bridgehead atoms. The molecule has 2 amide bonds. The van der Waals surface area contributed by atoms with Gasteiger partial charge in [0.1, 0.15) is 5.69 Å². The third-order valence-corrected chi connectivity index (χ3v) is 4.89. The molecule has 0 saturated carbocycles. The van der Waals surface area contributed by atoms with E-state index in [0.717, 1.165) is 38.3 Å². The normalized spacial score (nSPS) is 21.9. The average Bonchev–Trinajstić information content (AvgIpc) is 3.21. The van der Waals surface area contributed by atoms with Crippen LogP contribution in [0.15, 0.2) is 6.07 Å². The van der Waals surface area contributed by atoms with Gasteiger partial charge in [0.2, 0.25) is 5.91 Å². The molecule has 1 atom stereocenters. The predicted molar refractivity (Wildman–Crippen MR) is 82.7 cm³/mol. The van der Waals surface area contributed by atoms with Gasteiger partial charge in [-0.3, -0.25) is 14.7 Å². The molecule has 0 aliphatic carbocycles. The fraction of sp³-hybridized carbons (Fsp3) is 0.688. The van der Waals surface area contributed by atoms with E-state index >= 15 is 0 Å². The Kier molecular flexibility index (Phi) is 5.01. The molecule has 0 spiro atoms. The number of likely N-dealkylation sites (tertiary alicyclic amines) is 2. The predicted octanol–water partition coefficient (Wildman–Crippen LogP) is 2.44. The van der Waals surface area contributed by atoms with Gasteiger partial charge in [-0.05, 0) is 32.1 Å². The summed E-state index contributed by atoms with van der Waals surface area (Å²) in [5, 5.41) is 5.43. The summed E-state index contributed by atoms with van der Waals surface area (Å²) in [6.45, 7) is 1.83. The first-order valence-electron chi connectivity index (χ1n) is 8.57. The van der Waals surface area contributed by atoms with Crippen LogP contribution >= 0.6 is 0 Å². The minimum Gasteiger partial charge on any atom is -0.343 e. The number of aromatic nitrogens is 2. The maximum absolute atomic E-state index is 12.7. The molecule has 138 valence electrons. The molecule has 0 aromatic carbocycles. The third-order valence-electron chi connectivity index (χ3n) is 4.89. The van der Waals surface area contributed by atoms with E-state index in [9.17, 15) is 22.8 Å². The second-order valence-corrected chi connectivity index (χ2v) is 6.59. The molecule has 2 fully saturated rings. The van der Waals surface area contributed by atoms with Crippen molar-refractivity contribution in [1.29, 1.82) is 0 Å². The Morgan fingerprint density at radius 2 is 2.08 bits per heavy atom. The molecule has 1 aromatic rings. The van der Waals surface area contributed by atoms with E-state index in [4.69, 9.17) is 0 Å². The number of hydrogen-bond acceptors (Lipinski definition) is 3. The summed E-state index contributed by atoms with van der Waals surface area (Å²) in [5.41, 5.74) is -1.23. The summed E-state index contributed by atoms with van der Waals surface area (Å²) in [7, 11) is 0. The van der Waals surface area contributed by atoms with Gasteiger partial charge in [-0.25, -0.2) is 0 Å². The number of carbonyl (C=O) groups is 2. The summed E-state index contributed by atoms with van der Waals surface area (Å²) in [4.78, 5) is 27.7. The lowest BCUT2D eigenvalue weighted by atomic mass is 9.98. The summed E-state index contributed by atoms with van der Waals surface area (Å²) in [6.07, 6.45) is 0.111. The minimum absolute atomic E-state index is 0.0688. The van der Waals surface area contributed by atoms with E-state index in [1.54, 1.807) is 9.80 Å². The number of H-pyrrole nitrogens is 1. The molecular weight excluding hydrogens is 337 g/mol. The maximum atomic E-state index is 12.7. The second kappa shape index (κ2) is 7.05. The van der Waals surface area contributed by atoms with Crippen LogP contribution in [-0.2, 0) is 11.0 Å². The highest BCUT2D eigenvalue weighted by atomic mass is 19.4. The number of alkyl halides is 3. The van der Waals surface area contributed by atoms with Crippen LogP contribution in [0.1, 0.15) is 54.7 Å². The first-order chi connectivity index (χ1) is 11.9. The van der Waals surface area contributed by atoms with E-state index in [-0.39, 0.29) is 17.6 Å². The van der Waals surface area contributed by atoms with Crippen molar-refractivity contribution in [3.05, 3.63) is 17.5 Å². The van der Waals surface area contributed by atoms with Gasteiger partial charge in [0.05, 0.1) is 0 Å². The van der Waals surface area contributed by atoms with Crippen molar-refractivity contribution in [2.45, 2.75) is 50.7 Å². The molecule has 2 aliphatic heterocycles. The number of hydrogen-bond donors (Lipinski definition) is 1. The van der Waals surface area contributed by atoms with Gasteiger partial charge in [0, 0.05) is 38.2 Å². The lowest BCUT2D eigenvalue weighted by molar-refractivity contribution is -0.141. The van der Waals surface area contributed by atoms with E-state index in [1.807, 2.05) is 5.10 Å². The Balaban J connectivity index is 1.66. The highest BCUT2D eigenvalue weighted by Gasteiger charge is 2.36. The fourth-order valence-electron chi connectivity index (χ4n) is 3.54. The fourth-order valence-corrected chi connectivity index (χ4v) is 3.54. The van der Waals surface area contributed by atoms with Crippen molar-refractivity contribution in [2.75, 3.05) is 19.6 Å². The van der Waals surface area contributed by atoms with E-state index in [0.29, 0.717) is 25.9 Å². The molecule has 0 radical (unpaired) electrons. The Morgan fingerprint density at radius 1 is 1.28 bits per heavy atom. The van der Waals surface area contributed by atoms with Crippen LogP contribution in [0, 0.1) is 0 Å². The molecule has 2 saturated heterocycles. The van der Waals surface area contributed by atoms with Crippen molar-refractivity contribution < 1.29 is 22.8 Å². The van der Waals surface area contributed by atoms with Crippen molar-refractivity contribution in [2.24, 2.45) is 0 Å². The number of nitrogens with zero attached hydrogens (tertiary/aromatic N) is 3. The molecule has 6 nitrogen and oxygen atoms in total. The van der Waals surface area contributed by atoms with Gasteiger partial charge < -0.3 is 9.80 Å². The Morgan fingerprint density at radius 3 is 2.72 bits per heavy atom. The van der Waals surface area contributed by atoms with Crippen LogP contribution in [0.4, 0.5) is 13.2 Å². The van der Waals surface area contributed by atoms with Crippen LogP contribution in [0.25, 0.3) is 0 Å². The van der Waals surface area contributed by atoms with E-state index in [2.05, 4.69) is 5.10 Å². The number of aromatic amines is 1. The zero-order valence-corrected chi connectivity index (χ0v) is 13.8. The maximum Gasteiger partial charge on any atom is 0.432 e. The zero-order chi connectivity index (χ0) is 18.0. The first-order valence-corrected chi connectivity index (χ1v) is 8.57. The van der Waals surface area contributed by atoms with E-state index < -0.39 is 17.8 Å². The quantitative estimate of drug-likeness (QED) is 0.899. The summed E-state index contributed by atoms with van der Waals surface area (Å²) < 4.78 is 38.0.